The largest absolute Gasteiger partial charge is 0.508 e. The first kappa shape index (κ1) is 10.2. The van der Waals surface area contributed by atoms with Crippen molar-refractivity contribution in [2.75, 3.05) is 20.6 Å². The second-order valence-electron chi connectivity index (χ2n) is 4.18. The molecule has 0 saturated heterocycles. The zero-order valence-corrected chi connectivity index (χ0v) is 9.20. The number of quaternary nitrogens is 1. The normalized spacial score (nSPS) is 14.2. The first-order valence-electron chi connectivity index (χ1n) is 5.19. The van der Waals surface area contributed by atoms with Gasteiger partial charge in [-0.3, -0.25) is 5.32 Å². The number of hydrogen-bond donors (Lipinski definition) is 2. The molecule has 1 aliphatic heterocycles. The molecule has 15 heavy (non-hydrogen) atoms. The molecule has 0 spiro atoms. The molecule has 1 aliphatic rings. The average Bonchev–Trinajstić information content (AvgIpc) is 2.57. The molecule has 0 atom stereocenters. The molecule has 0 saturated carbocycles. The number of hydrogen-bond acceptors (Lipinski definition) is 2. The molecular formula is C12H17N2O+. The summed E-state index contributed by atoms with van der Waals surface area (Å²) in [5.41, 5.74) is 3.70. The zero-order chi connectivity index (χ0) is 10.8. The fraction of sp³-hybridized carbons (Fsp3) is 0.333. The Morgan fingerprint density at radius 2 is 2.13 bits per heavy atom. The van der Waals surface area contributed by atoms with Crippen LogP contribution in [0.4, 0.5) is 5.69 Å². The Kier molecular flexibility index (Phi) is 2.75. The summed E-state index contributed by atoms with van der Waals surface area (Å²) in [6.45, 7) is 1.04. The highest BCUT2D eigenvalue weighted by molar-refractivity contribution is 5.75. The second kappa shape index (κ2) is 4.04. The van der Waals surface area contributed by atoms with E-state index in [4.69, 9.17) is 0 Å². The van der Waals surface area contributed by atoms with Gasteiger partial charge >= 0.3 is 0 Å². The average molecular weight is 205 g/mol. The molecule has 0 amide bonds. The van der Waals surface area contributed by atoms with E-state index >= 15 is 0 Å². The van der Waals surface area contributed by atoms with Crippen molar-refractivity contribution in [1.82, 2.24) is 4.90 Å². The molecule has 0 aromatic heterocycles. The Balaban J connectivity index is 2.15. The van der Waals surface area contributed by atoms with Gasteiger partial charge in [-0.15, -0.1) is 0 Å². The lowest BCUT2D eigenvalue weighted by Crippen LogP contribution is -2.69. The lowest BCUT2D eigenvalue weighted by molar-refractivity contribution is -0.491. The van der Waals surface area contributed by atoms with Gasteiger partial charge in [-0.2, -0.15) is 0 Å². The van der Waals surface area contributed by atoms with Crippen molar-refractivity contribution in [2.24, 2.45) is 0 Å². The zero-order valence-electron chi connectivity index (χ0n) is 9.20. The molecule has 1 aromatic carbocycles. The third-order valence-electron chi connectivity index (χ3n) is 2.68. The quantitative estimate of drug-likeness (QED) is 0.568. The lowest BCUT2D eigenvalue weighted by Gasteiger charge is -2.09. The van der Waals surface area contributed by atoms with Gasteiger partial charge in [0.15, 0.2) is 0 Å². The van der Waals surface area contributed by atoms with E-state index < -0.39 is 0 Å². The molecule has 3 heteroatoms. The minimum Gasteiger partial charge on any atom is -0.508 e. The van der Waals surface area contributed by atoms with Gasteiger partial charge in [0.05, 0.1) is 0 Å². The first-order valence-corrected chi connectivity index (χ1v) is 5.19. The van der Waals surface area contributed by atoms with Gasteiger partial charge in [0.1, 0.15) is 17.6 Å². The number of nitrogens with zero attached hydrogens (tertiary/aromatic N) is 1. The summed E-state index contributed by atoms with van der Waals surface area (Å²) in [5.74, 6) is 0.347. The molecule has 80 valence electrons. The minimum atomic E-state index is 0.347. The summed E-state index contributed by atoms with van der Waals surface area (Å²) in [5, 5.41) is 11.6. The summed E-state index contributed by atoms with van der Waals surface area (Å²) in [6, 6.07) is 5.54. The Morgan fingerprint density at radius 3 is 2.87 bits per heavy atom. The van der Waals surface area contributed by atoms with Gasteiger partial charge in [-0.25, -0.2) is 0 Å². The van der Waals surface area contributed by atoms with Gasteiger partial charge in [0, 0.05) is 23.7 Å². The molecule has 2 rings (SSSR count). The fourth-order valence-corrected chi connectivity index (χ4v) is 1.81. The summed E-state index contributed by atoms with van der Waals surface area (Å²) in [7, 11) is 4.14. The summed E-state index contributed by atoms with van der Waals surface area (Å²) in [4.78, 5) is 2.17. The topological polar surface area (TPSA) is 40.1 Å². The van der Waals surface area contributed by atoms with Gasteiger partial charge < -0.3 is 10.0 Å². The molecule has 0 unspecified atom stereocenters. The highest BCUT2D eigenvalue weighted by atomic mass is 16.3. The third-order valence-corrected chi connectivity index (χ3v) is 2.68. The van der Waals surface area contributed by atoms with Crippen molar-refractivity contribution in [2.45, 2.75) is 6.42 Å². The van der Waals surface area contributed by atoms with E-state index in [1.54, 1.807) is 6.07 Å². The SMILES string of the molecule is CN(C)CCC1=C[NH2+]c2ccc(O)cc21. The second-order valence-corrected chi connectivity index (χ2v) is 4.18. The van der Waals surface area contributed by atoms with Crippen LogP contribution in [0.25, 0.3) is 5.57 Å². The van der Waals surface area contributed by atoms with Crippen molar-refractivity contribution in [1.29, 1.82) is 0 Å². The van der Waals surface area contributed by atoms with E-state index in [-0.39, 0.29) is 0 Å². The molecule has 1 aromatic rings. The molecule has 0 fully saturated rings. The predicted octanol–water partition coefficient (Wildman–Crippen LogP) is 0.893. The van der Waals surface area contributed by atoms with E-state index in [2.05, 4.69) is 30.5 Å². The number of nitrogens with two attached hydrogens (primary N) is 1. The van der Waals surface area contributed by atoms with Crippen LogP contribution in [0.2, 0.25) is 0 Å². The van der Waals surface area contributed by atoms with Crippen molar-refractivity contribution in [3.8, 4) is 5.75 Å². The third kappa shape index (κ3) is 2.19. The van der Waals surface area contributed by atoms with E-state index in [9.17, 15) is 5.11 Å². The maximum absolute atomic E-state index is 9.44. The fourth-order valence-electron chi connectivity index (χ4n) is 1.81. The summed E-state index contributed by atoms with van der Waals surface area (Å²) < 4.78 is 0. The molecule has 3 nitrogen and oxygen atoms in total. The Bertz CT molecular complexity index is 397. The van der Waals surface area contributed by atoms with Crippen LogP contribution < -0.4 is 5.32 Å². The summed E-state index contributed by atoms with van der Waals surface area (Å²) in [6.07, 6.45) is 3.17. The van der Waals surface area contributed by atoms with Crippen LogP contribution in [0.5, 0.6) is 5.75 Å². The monoisotopic (exact) mass is 205 g/mol. The van der Waals surface area contributed by atoms with Crippen LogP contribution in [0, 0.1) is 0 Å². The number of rotatable bonds is 3. The molecule has 1 heterocycles. The van der Waals surface area contributed by atoms with Gasteiger partial charge in [0.25, 0.3) is 0 Å². The van der Waals surface area contributed by atoms with Crippen LogP contribution in [-0.4, -0.2) is 30.6 Å². The van der Waals surface area contributed by atoms with Crippen LogP contribution in [0.15, 0.2) is 24.4 Å². The smallest absolute Gasteiger partial charge is 0.142 e. The molecule has 3 N–H and O–H groups in total. The maximum atomic E-state index is 9.44. The van der Waals surface area contributed by atoms with E-state index in [1.807, 2.05) is 12.1 Å². The number of benzene rings is 1. The van der Waals surface area contributed by atoms with E-state index in [1.165, 1.54) is 16.8 Å². The Labute approximate surface area is 90.0 Å². The first-order chi connectivity index (χ1) is 7.16. The Morgan fingerprint density at radius 1 is 1.33 bits per heavy atom. The van der Waals surface area contributed by atoms with Crippen molar-refractivity contribution < 1.29 is 10.4 Å². The van der Waals surface area contributed by atoms with Gasteiger partial charge in [0.2, 0.25) is 0 Å². The highest BCUT2D eigenvalue weighted by Gasteiger charge is 2.18. The molecule has 0 bridgehead atoms. The molecular weight excluding hydrogens is 188 g/mol. The van der Waals surface area contributed by atoms with Crippen molar-refractivity contribution >= 4 is 11.3 Å². The van der Waals surface area contributed by atoms with Crippen LogP contribution in [0.1, 0.15) is 12.0 Å². The van der Waals surface area contributed by atoms with Crippen LogP contribution in [-0.2, 0) is 0 Å². The minimum absolute atomic E-state index is 0.347. The number of fused-ring (bicyclic) bond motifs is 1. The molecule has 0 aliphatic carbocycles. The van der Waals surface area contributed by atoms with E-state index in [0.29, 0.717) is 5.75 Å². The highest BCUT2D eigenvalue weighted by Crippen LogP contribution is 2.29. The van der Waals surface area contributed by atoms with Crippen LogP contribution in [0.3, 0.4) is 0 Å². The van der Waals surface area contributed by atoms with Gasteiger partial charge in [-0.05, 0) is 32.6 Å². The number of phenols is 1. The van der Waals surface area contributed by atoms with E-state index in [0.717, 1.165) is 13.0 Å². The lowest BCUT2D eigenvalue weighted by atomic mass is 10.0. The molecule has 0 radical (unpaired) electrons. The number of aromatic hydroxyl groups is 1. The predicted molar refractivity (Wildman–Crippen MR) is 60.8 cm³/mol. The summed E-state index contributed by atoms with van der Waals surface area (Å²) >= 11 is 0. The van der Waals surface area contributed by atoms with Crippen LogP contribution >= 0.6 is 0 Å². The standard InChI is InChI=1S/C12H16N2O/c1-14(2)6-5-9-8-13-12-4-3-10(15)7-11(9)12/h3-4,7-8,13,15H,5-6H2,1-2H3/p+1. The van der Waals surface area contributed by atoms with Crippen molar-refractivity contribution in [3.05, 3.63) is 30.0 Å². The maximum Gasteiger partial charge on any atom is 0.142 e. The van der Waals surface area contributed by atoms with Crippen molar-refractivity contribution in [3.63, 3.8) is 0 Å². The van der Waals surface area contributed by atoms with Gasteiger partial charge in [-0.1, -0.05) is 0 Å². The number of phenolic OH excluding ortho intramolecular Hbond substituents is 1. The Hall–Kier alpha value is -1.32.